The van der Waals surface area contributed by atoms with E-state index in [9.17, 15) is 4.39 Å². The van der Waals surface area contributed by atoms with Gasteiger partial charge < -0.3 is 5.32 Å². The molecule has 0 bridgehead atoms. The van der Waals surface area contributed by atoms with Crippen molar-refractivity contribution in [3.05, 3.63) is 29.6 Å². The van der Waals surface area contributed by atoms with Crippen LogP contribution in [0.1, 0.15) is 38.2 Å². The average molecular weight is 232 g/mol. The van der Waals surface area contributed by atoms with Gasteiger partial charge in [0.25, 0.3) is 0 Å². The van der Waals surface area contributed by atoms with E-state index in [0.717, 1.165) is 5.69 Å². The molecule has 1 aromatic rings. The molecule has 1 saturated carbocycles. The Morgan fingerprint density at radius 1 is 1.41 bits per heavy atom. The van der Waals surface area contributed by atoms with Crippen molar-refractivity contribution in [3.63, 3.8) is 0 Å². The largest absolute Gasteiger partial charge is 0.382 e. The summed E-state index contributed by atoms with van der Waals surface area (Å²) in [4.78, 5) is 0. The number of anilines is 1. The molecule has 1 atom stereocenters. The molecule has 1 aliphatic rings. The van der Waals surface area contributed by atoms with Crippen LogP contribution in [0.3, 0.4) is 0 Å². The van der Waals surface area contributed by atoms with E-state index in [1.165, 1.54) is 37.8 Å². The molecule has 1 N–H and O–H groups in total. The summed E-state index contributed by atoms with van der Waals surface area (Å²) in [5, 5.41) is 12.0. The lowest BCUT2D eigenvalue weighted by Gasteiger charge is -2.21. The first-order chi connectivity index (χ1) is 8.20. The van der Waals surface area contributed by atoms with Crippen molar-refractivity contribution < 1.29 is 4.39 Å². The first-order valence-electron chi connectivity index (χ1n) is 6.17. The SMILES string of the molecule is CC(Nc1ccc(C#N)c(F)c1)C1CCCC1. The molecule has 1 aliphatic carbocycles. The van der Waals surface area contributed by atoms with Crippen LogP contribution in [0.25, 0.3) is 0 Å². The molecule has 90 valence electrons. The van der Waals surface area contributed by atoms with E-state index >= 15 is 0 Å². The maximum Gasteiger partial charge on any atom is 0.143 e. The van der Waals surface area contributed by atoms with Crippen LogP contribution in [0, 0.1) is 23.1 Å². The summed E-state index contributed by atoms with van der Waals surface area (Å²) in [6.45, 7) is 2.14. The van der Waals surface area contributed by atoms with Crippen LogP contribution in [0.5, 0.6) is 0 Å². The first kappa shape index (κ1) is 11.9. The van der Waals surface area contributed by atoms with Crippen LogP contribution in [-0.4, -0.2) is 6.04 Å². The van der Waals surface area contributed by atoms with Gasteiger partial charge in [-0.15, -0.1) is 0 Å². The van der Waals surface area contributed by atoms with Gasteiger partial charge >= 0.3 is 0 Å². The van der Waals surface area contributed by atoms with E-state index in [1.54, 1.807) is 6.07 Å². The third-order valence-electron chi connectivity index (χ3n) is 3.59. The fourth-order valence-electron chi connectivity index (χ4n) is 2.53. The van der Waals surface area contributed by atoms with E-state index in [2.05, 4.69) is 12.2 Å². The molecule has 2 nitrogen and oxygen atoms in total. The van der Waals surface area contributed by atoms with E-state index in [4.69, 9.17) is 5.26 Å². The Balaban J connectivity index is 2.03. The van der Waals surface area contributed by atoms with Crippen molar-refractivity contribution in [3.8, 4) is 6.07 Å². The molecule has 1 fully saturated rings. The molecule has 0 spiro atoms. The number of rotatable bonds is 3. The lowest BCUT2D eigenvalue weighted by atomic mass is 9.99. The summed E-state index contributed by atoms with van der Waals surface area (Å²) in [5.74, 6) is 0.241. The van der Waals surface area contributed by atoms with Crippen LogP contribution in [0.15, 0.2) is 18.2 Å². The zero-order valence-electron chi connectivity index (χ0n) is 10.0. The van der Waals surface area contributed by atoms with Gasteiger partial charge in [0.2, 0.25) is 0 Å². The molecule has 0 heterocycles. The Hall–Kier alpha value is -1.56. The van der Waals surface area contributed by atoms with Crippen molar-refractivity contribution in [2.75, 3.05) is 5.32 Å². The summed E-state index contributed by atoms with van der Waals surface area (Å²) >= 11 is 0. The minimum Gasteiger partial charge on any atom is -0.382 e. The number of benzene rings is 1. The predicted octanol–water partition coefficient (Wildman–Crippen LogP) is 3.69. The van der Waals surface area contributed by atoms with Crippen molar-refractivity contribution in [1.29, 1.82) is 5.26 Å². The molecule has 2 rings (SSSR count). The minimum atomic E-state index is -0.448. The van der Waals surface area contributed by atoms with Crippen molar-refractivity contribution >= 4 is 5.69 Å². The maximum absolute atomic E-state index is 13.4. The molecular weight excluding hydrogens is 215 g/mol. The Kier molecular flexibility index (Phi) is 3.63. The van der Waals surface area contributed by atoms with Gasteiger partial charge in [0.05, 0.1) is 5.56 Å². The molecule has 0 aromatic heterocycles. The fourth-order valence-corrected chi connectivity index (χ4v) is 2.53. The zero-order valence-corrected chi connectivity index (χ0v) is 10.0. The Bertz CT molecular complexity index is 430. The zero-order chi connectivity index (χ0) is 12.3. The van der Waals surface area contributed by atoms with E-state index < -0.39 is 5.82 Å². The predicted molar refractivity (Wildman–Crippen MR) is 66.2 cm³/mol. The van der Waals surface area contributed by atoms with Crippen LogP contribution in [0.4, 0.5) is 10.1 Å². The van der Waals surface area contributed by atoms with E-state index in [0.29, 0.717) is 12.0 Å². The molecule has 0 aliphatic heterocycles. The van der Waals surface area contributed by atoms with Gasteiger partial charge in [0.15, 0.2) is 0 Å². The highest BCUT2D eigenvalue weighted by Crippen LogP contribution is 2.29. The summed E-state index contributed by atoms with van der Waals surface area (Å²) < 4.78 is 13.4. The van der Waals surface area contributed by atoms with Gasteiger partial charge in [-0.2, -0.15) is 5.26 Å². The molecule has 17 heavy (non-hydrogen) atoms. The second-order valence-electron chi connectivity index (χ2n) is 4.78. The van der Waals surface area contributed by atoms with Crippen LogP contribution in [0.2, 0.25) is 0 Å². The lowest BCUT2D eigenvalue weighted by molar-refractivity contribution is 0.482. The molecular formula is C14H17FN2. The molecule has 1 aromatic carbocycles. The highest BCUT2D eigenvalue weighted by molar-refractivity contribution is 5.48. The molecule has 0 saturated heterocycles. The van der Waals surface area contributed by atoms with E-state index in [-0.39, 0.29) is 5.56 Å². The number of hydrogen-bond donors (Lipinski definition) is 1. The van der Waals surface area contributed by atoms with Crippen LogP contribution in [-0.2, 0) is 0 Å². The van der Waals surface area contributed by atoms with Gasteiger partial charge in [0, 0.05) is 11.7 Å². The smallest absolute Gasteiger partial charge is 0.143 e. The molecule has 3 heteroatoms. The average Bonchev–Trinajstić information content (AvgIpc) is 2.82. The summed E-state index contributed by atoms with van der Waals surface area (Å²) in [7, 11) is 0. The number of hydrogen-bond acceptors (Lipinski definition) is 2. The lowest BCUT2D eigenvalue weighted by Crippen LogP contribution is -2.23. The normalized spacial score (nSPS) is 17.7. The second-order valence-corrected chi connectivity index (χ2v) is 4.78. The van der Waals surface area contributed by atoms with Gasteiger partial charge in [-0.3, -0.25) is 0 Å². The monoisotopic (exact) mass is 232 g/mol. The quantitative estimate of drug-likeness (QED) is 0.862. The summed E-state index contributed by atoms with van der Waals surface area (Å²) in [6, 6.07) is 6.90. The highest BCUT2D eigenvalue weighted by Gasteiger charge is 2.21. The summed E-state index contributed by atoms with van der Waals surface area (Å²) in [5.41, 5.74) is 0.866. The number of halogens is 1. The van der Waals surface area contributed by atoms with Crippen molar-refractivity contribution in [2.45, 2.75) is 38.6 Å². The molecule has 1 unspecified atom stereocenters. The van der Waals surface area contributed by atoms with Crippen molar-refractivity contribution in [2.24, 2.45) is 5.92 Å². The van der Waals surface area contributed by atoms with Gasteiger partial charge in [-0.25, -0.2) is 4.39 Å². The Morgan fingerprint density at radius 2 is 2.12 bits per heavy atom. The van der Waals surface area contributed by atoms with Crippen molar-refractivity contribution in [1.82, 2.24) is 0 Å². The van der Waals surface area contributed by atoms with E-state index in [1.807, 2.05) is 6.07 Å². The van der Waals surface area contributed by atoms with Crippen LogP contribution < -0.4 is 5.32 Å². The molecule has 0 radical (unpaired) electrons. The first-order valence-corrected chi connectivity index (χ1v) is 6.17. The maximum atomic E-state index is 13.4. The number of nitrogens with zero attached hydrogens (tertiary/aromatic N) is 1. The van der Waals surface area contributed by atoms with Crippen LogP contribution >= 0.6 is 0 Å². The summed E-state index contributed by atoms with van der Waals surface area (Å²) in [6.07, 6.45) is 5.12. The number of nitrogens with one attached hydrogen (secondary N) is 1. The van der Waals surface area contributed by atoms with Gasteiger partial charge in [0.1, 0.15) is 11.9 Å². The third kappa shape index (κ3) is 2.76. The molecule has 0 amide bonds. The fraction of sp³-hybridized carbons (Fsp3) is 0.500. The Labute approximate surface area is 101 Å². The minimum absolute atomic E-state index is 0.101. The van der Waals surface area contributed by atoms with Gasteiger partial charge in [-0.05, 0) is 43.9 Å². The third-order valence-corrected chi connectivity index (χ3v) is 3.59. The van der Waals surface area contributed by atoms with Gasteiger partial charge in [-0.1, -0.05) is 12.8 Å². The Morgan fingerprint density at radius 3 is 2.71 bits per heavy atom. The topological polar surface area (TPSA) is 35.8 Å². The standard InChI is InChI=1S/C14H17FN2/c1-10(11-4-2-3-5-11)17-13-7-6-12(9-16)14(15)8-13/h6-8,10-11,17H,2-5H2,1H3. The number of nitriles is 1. The second kappa shape index (κ2) is 5.18. The highest BCUT2D eigenvalue weighted by atomic mass is 19.1.